The topological polar surface area (TPSA) is 89.0 Å². The molecule has 0 unspecified atom stereocenters. The summed E-state index contributed by atoms with van der Waals surface area (Å²) in [5.74, 6) is 1.29. The first-order valence-electron chi connectivity index (χ1n) is 9.60. The van der Waals surface area contributed by atoms with E-state index in [4.69, 9.17) is 9.47 Å². The zero-order valence-electron chi connectivity index (χ0n) is 16.0. The van der Waals surface area contributed by atoms with E-state index >= 15 is 0 Å². The van der Waals surface area contributed by atoms with Crippen LogP contribution in [0.1, 0.15) is 22.8 Å². The van der Waals surface area contributed by atoms with Gasteiger partial charge in [0.1, 0.15) is 0 Å². The highest BCUT2D eigenvalue weighted by Crippen LogP contribution is 2.40. The summed E-state index contributed by atoms with van der Waals surface area (Å²) in [6.07, 6.45) is 2.64. The smallest absolute Gasteiger partial charge is 0.244 e. The van der Waals surface area contributed by atoms with Gasteiger partial charge in [0.2, 0.25) is 16.8 Å². The fourth-order valence-corrected chi connectivity index (χ4v) is 5.88. The van der Waals surface area contributed by atoms with Gasteiger partial charge in [-0.1, -0.05) is 30.3 Å². The van der Waals surface area contributed by atoms with Crippen molar-refractivity contribution in [2.45, 2.75) is 30.0 Å². The quantitative estimate of drug-likeness (QED) is 0.693. The number of aliphatic hydroxyl groups excluding tert-OH is 1. The van der Waals surface area contributed by atoms with Crippen molar-refractivity contribution in [2.24, 2.45) is 0 Å². The molecule has 3 heterocycles. The number of ether oxygens (including phenoxy) is 2. The fourth-order valence-electron chi connectivity index (χ4n) is 4.03. The number of sulfonamides is 1. The minimum atomic E-state index is -3.81. The van der Waals surface area contributed by atoms with E-state index in [0.717, 1.165) is 11.1 Å². The second kappa shape index (κ2) is 7.39. The van der Waals surface area contributed by atoms with Gasteiger partial charge in [0.25, 0.3) is 0 Å². The van der Waals surface area contributed by atoms with Crippen LogP contribution in [0.4, 0.5) is 0 Å². The highest BCUT2D eigenvalue weighted by molar-refractivity contribution is 7.89. The summed E-state index contributed by atoms with van der Waals surface area (Å²) in [7, 11) is -3.81. The van der Waals surface area contributed by atoms with Crippen molar-refractivity contribution in [1.82, 2.24) is 9.29 Å². The van der Waals surface area contributed by atoms with Gasteiger partial charge >= 0.3 is 0 Å². The SMILES string of the molecule is O=S1(=O)c2ccccc2[C@@H](O)[C@@H](Cc2ccc3c(c2)OCO3)N1Cc1cccnc1. The van der Waals surface area contributed by atoms with Gasteiger partial charge in [0.15, 0.2) is 11.5 Å². The monoisotopic (exact) mass is 424 g/mol. The van der Waals surface area contributed by atoms with E-state index in [9.17, 15) is 13.5 Å². The second-order valence-corrected chi connectivity index (χ2v) is 9.21. The fraction of sp³-hybridized carbons (Fsp3) is 0.227. The Labute approximate surface area is 174 Å². The molecule has 30 heavy (non-hydrogen) atoms. The minimum absolute atomic E-state index is 0.122. The van der Waals surface area contributed by atoms with Crippen molar-refractivity contribution in [3.8, 4) is 11.5 Å². The molecule has 0 amide bonds. The average Bonchev–Trinajstić information content (AvgIpc) is 3.23. The normalized spacial score (nSPS) is 21.9. The highest BCUT2D eigenvalue weighted by Gasteiger charge is 2.43. The molecular formula is C22H20N2O5S. The molecule has 0 saturated heterocycles. The van der Waals surface area contributed by atoms with Crippen LogP contribution >= 0.6 is 0 Å². The molecule has 2 atom stereocenters. The number of aromatic nitrogens is 1. The van der Waals surface area contributed by atoms with Crippen LogP contribution in [0.25, 0.3) is 0 Å². The van der Waals surface area contributed by atoms with E-state index in [1.54, 1.807) is 48.8 Å². The Kier molecular flexibility index (Phi) is 4.69. The molecule has 0 fully saturated rings. The first-order valence-corrected chi connectivity index (χ1v) is 11.0. The van der Waals surface area contributed by atoms with Crippen LogP contribution in [0, 0.1) is 0 Å². The molecule has 1 aromatic heterocycles. The van der Waals surface area contributed by atoms with Gasteiger partial charge in [-0.3, -0.25) is 4.98 Å². The van der Waals surface area contributed by atoms with Crippen LogP contribution < -0.4 is 9.47 Å². The van der Waals surface area contributed by atoms with E-state index in [-0.39, 0.29) is 18.2 Å². The Morgan fingerprint density at radius 2 is 1.87 bits per heavy atom. The third kappa shape index (κ3) is 3.23. The molecule has 7 nitrogen and oxygen atoms in total. The number of rotatable bonds is 4. The minimum Gasteiger partial charge on any atom is -0.454 e. The summed E-state index contributed by atoms with van der Waals surface area (Å²) in [6.45, 7) is 0.288. The molecule has 0 aliphatic carbocycles. The third-order valence-electron chi connectivity index (χ3n) is 5.50. The van der Waals surface area contributed by atoms with Crippen LogP contribution in [0.5, 0.6) is 11.5 Å². The number of hydrogen-bond acceptors (Lipinski definition) is 6. The van der Waals surface area contributed by atoms with E-state index < -0.39 is 22.2 Å². The third-order valence-corrected chi connectivity index (χ3v) is 7.45. The molecular weight excluding hydrogens is 404 g/mol. The number of benzene rings is 2. The Morgan fingerprint density at radius 3 is 2.70 bits per heavy atom. The Hall–Kier alpha value is -2.94. The molecule has 0 saturated carbocycles. The standard InChI is InChI=1S/C22H20N2O5S/c25-22-17-5-1-2-6-21(17)30(26,27)24(13-16-4-3-9-23-12-16)18(22)10-15-7-8-19-20(11-15)29-14-28-19/h1-9,11-12,18,22,25H,10,13-14H2/t18-,22-/m1/s1. The van der Waals surface area contributed by atoms with E-state index in [1.165, 1.54) is 4.31 Å². The van der Waals surface area contributed by atoms with Crippen LogP contribution in [-0.2, 0) is 23.0 Å². The summed E-state index contributed by atoms with van der Waals surface area (Å²) in [6, 6.07) is 15.1. The summed E-state index contributed by atoms with van der Waals surface area (Å²) >= 11 is 0. The molecule has 0 spiro atoms. The first-order chi connectivity index (χ1) is 14.5. The lowest BCUT2D eigenvalue weighted by molar-refractivity contribution is 0.0769. The maximum Gasteiger partial charge on any atom is 0.244 e. The summed E-state index contributed by atoms with van der Waals surface area (Å²) in [4.78, 5) is 4.24. The van der Waals surface area contributed by atoms with Crippen molar-refractivity contribution < 1.29 is 23.0 Å². The second-order valence-electron chi connectivity index (χ2n) is 7.35. The number of hydrogen-bond donors (Lipinski definition) is 1. The zero-order valence-corrected chi connectivity index (χ0v) is 16.8. The van der Waals surface area contributed by atoms with Gasteiger partial charge in [-0.25, -0.2) is 8.42 Å². The lowest BCUT2D eigenvalue weighted by Gasteiger charge is -2.39. The van der Waals surface area contributed by atoms with E-state index in [1.807, 2.05) is 18.2 Å². The van der Waals surface area contributed by atoms with Gasteiger partial charge in [-0.2, -0.15) is 4.31 Å². The largest absolute Gasteiger partial charge is 0.454 e. The van der Waals surface area contributed by atoms with Crippen LogP contribution in [0.15, 0.2) is 71.9 Å². The summed E-state index contributed by atoms with van der Waals surface area (Å²) in [5.41, 5.74) is 2.03. The molecule has 2 aliphatic rings. The maximum atomic E-state index is 13.5. The van der Waals surface area contributed by atoms with Crippen molar-refractivity contribution in [3.05, 3.63) is 83.7 Å². The molecule has 0 radical (unpaired) electrons. The Balaban J connectivity index is 1.57. The lowest BCUT2D eigenvalue weighted by Crippen LogP contribution is -2.48. The maximum absolute atomic E-state index is 13.5. The molecule has 1 N–H and O–H groups in total. The molecule has 8 heteroatoms. The van der Waals surface area contributed by atoms with E-state index in [2.05, 4.69) is 4.98 Å². The Bertz CT molecular complexity index is 1180. The molecule has 3 aromatic rings. The van der Waals surface area contributed by atoms with Gasteiger partial charge in [-0.05, 0) is 41.8 Å². The molecule has 5 rings (SSSR count). The predicted octanol–water partition coefficient (Wildman–Crippen LogP) is 2.66. The number of aliphatic hydroxyl groups is 1. The molecule has 2 aromatic carbocycles. The van der Waals surface area contributed by atoms with Gasteiger partial charge in [0, 0.05) is 24.5 Å². The van der Waals surface area contributed by atoms with Crippen molar-refractivity contribution in [2.75, 3.05) is 6.79 Å². The van der Waals surface area contributed by atoms with Crippen LogP contribution in [0.2, 0.25) is 0 Å². The highest BCUT2D eigenvalue weighted by atomic mass is 32.2. The lowest BCUT2D eigenvalue weighted by atomic mass is 9.95. The number of fused-ring (bicyclic) bond motifs is 2. The Morgan fingerprint density at radius 1 is 1.03 bits per heavy atom. The first kappa shape index (κ1) is 19.0. The number of pyridine rings is 1. The van der Waals surface area contributed by atoms with Crippen molar-refractivity contribution in [1.29, 1.82) is 0 Å². The van der Waals surface area contributed by atoms with Crippen LogP contribution in [0.3, 0.4) is 0 Å². The summed E-state index contributed by atoms with van der Waals surface area (Å²) < 4.78 is 39.2. The number of nitrogens with zero attached hydrogens (tertiary/aromatic N) is 2. The molecule has 2 aliphatic heterocycles. The van der Waals surface area contributed by atoms with Crippen molar-refractivity contribution >= 4 is 10.0 Å². The molecule has 0 bridgehead atoms. The van der Waals surface area contributed by atoms with Crippen LogP contribution in [-0.4, -0.2) is 35.6 Å². The van der Waals surface area contributed by atoms with Gasteiger partial charge < -0.3 is 14.6 Å². The summed E-state index contributed by atoms with van der Waals surface area (Å²) in [5, 5.41) is 11.2. The van der Waals surface area contributed by atoms with Crippen molar-refractivity contribution in [3.63, 3.8) is 0 Å². The van der Waals surface area contributed by atoms with Gasteiger partial charge in [0.05, 0.1) is 17.0 Å². The average molecular weight is 424 g/mol. The van der Waals surface area contributed by atoms with E-state index in [0.29, 0.717) is 23.5 Å². The predicted molar refractivity (Wildman–Crippen MR) is 108 cm³/mol. The zero-order chi connectivity index (χ0) is 20.7. The molecule has 154 valence electrons. The van der Waals surface area contributed by atoms with Gasteiger partial charge in [-0.15, -0.1) is 0 Å².